The van der Waals surface area contributed by atoms with Crippen LogP contribution in [0.15, 0.2) is 16.3 Å². The molecular formula is C10H13N3S3. The van der Waals surface area contributed by atoms with Gasteiger partial charge in [-0.2, -0.15) is 11.8 Å². The van der Waals surface area contributed by atoms with Crippen molar-refractivity contribution in [3.8, 4) is 10.7 Å². The number of aromatic nitrogens is 2. The van der Waals surface area contributed by atoms with Crippen molar-refractivity contribution in [3.05, 3.63) is 22.0 Å². The van der Waals surface area contributed by atoms with E-state index in [1.54, 1.807) is 22.7 Å². The van der Waals surface area contributed by atoms with Crippen LogP contribution >= 0.6 is 34.4 Å². The third kappa shape index (κ3) is 2.82. The van der Waals surface area contributed by atoms with E-state index in [9.17, 15) is 0 Å². The Morgan fingerprint density at radius 1 is 1.50 bits per heavy atom. The van der Waals surface area contributed by atoms with Gasteiger partial charge in [0.15, 0.2) is 0 Å². The molecule has 0 aliphatic carbocycles. The molecule has 3 nitrogen and oxygen atoms in total. The Morgan fingerprint density at radius 3 is 3.06 bits per heavy atom. The van der Waals surface area contributed by atoms with Gasteiger partial charge in [0.05, 0.1) is 11.2 Å². The van der Waals surface area contributed by atoms with Crippen molar-refractivity contribution in [1.82, 2.24) is 9.97 Å². The number of nitrogens with zero attached hydrogens (tertiary/aromatic N) is 2. The molecule has 2 N–H and O–H groups in total. The van der Waals surface area contributed by atoms with Crippen LogP contribution in [-0.4, -0.2) is 22.0 Å². The molecule has 0 saturated heterocycles. The van der Waals surface area contributed by atoms with E-state index in [4.69, 9.17) is 5.73 Å². The van der Waals surface area contributed by atoms with Crippen LogP contribution in [0.4, 0.5) is 0 Å². The lowest BCUT2D eigenvalue weighted by molar-refractivity contribution is 0.687. The summed E-state index contributed by atoms with van der Waals surface area (Å²) in [6, 6.07) is 0.0519. The molecule has 0 saturated carbocycles. The second-order valence-electron chi connectivity index (χ2n) is 3.34. The molecular weight excluding hydrogens is 258 g/mol. The Bertz CT molecular complexity index is 424. The normalized spacial score (nSPS) is 12.9. The summed E-state index contributed by atoms with van der Waals surface area (Å²) in [6.07, 6.45) is 3.07. The number of thiazole rings is 2. The highest BCUT2D eigenvalue weighted by Gasteiger charge is 2.12. The predicted molar refractivity (Wildman–Crippen MR) is 73.1 cm³/mol. The van der Waals surface area contributed by atoms with Crippen molar-refractivity contribution < 1.29 is 0 Å². The van der Waals surface area contributed by atoms with Crippen LogP contribution in [0.2, 0.25) is 0 Å². The van der Waals surface area contributed by atoms with E-state index in [1.165, 1.54) is 0 Å². The fraction of sp³-hybridized carbons (Fsp3) is 0.400. The lowest BCUT2D eigenvalue weighted by atomic mass is 10.2. The zero-order valence-electron chi connectivity index (χ0n) is 8.92. The summed E-state index contributed by atoms with van der Waals surface area (Å²) < 4.78 is 0. The maximum atomic E-state index is 6.06. The van der Waals surface area contributed by atoms with E-state index in [-0.39, 0.29) is 6.04 Å². The van der Waals surface area contributed by atoms with Crippen LogP contribution in [0.5, 0.6) is 0 Å². The first kappa shape index (κ1) is 12.0. The average Bonchev–Trinajstić information content (AvgIpc) is 2.94. The number of nitrogens with two attached hydrogens (primary N) is 1. The van der Waals surface area contributed by atoms with Crippen molar-refractivity contribution in [2.75, 3.05) is 12.0 Å². The van der Waals surface area contributed by atoms with Gasteiger partial charge in [0.1, 0.15) is 10.7 Å². The number of hydrogen-bond acceptors (Lipinski definition) is 6. The summed E-state index contributed by atoms with van der Waals surface area (Å²) in [5, 5.41) is 5.02. The molecule has 0 fully saturated rings. The van der Waals surface area contributed by atoms with Gasteiger partial charge in [-0.15, -0.1) is 22.7 Å². The quantitative estimate of drug-likeness (QED) is 0.908. The summed E-state index contributed by atoms with van der Waals surface area (Å²) >= 11 is 5.02. The second kappa shape index (κ2) is 5.77. The van der Waals surface area contributed by atoms with Crippen molar-refractivity contribution in [2.24, 2.45) is 5.73 Å². The zero-order valence-corrected chi connectivity index (χ0v) is 11.4. The molecule has 0 amide bonds. The molecule has 2 heterocycles. The summed E-state index contributed by atoms with van der Waals surface area (Å²) in [4.78, 5) is 8.78. The van der Waals surface area contributed by atoms with E-state index >= 15 is 0 Å². The van der Waals surface area contributed by atoms with Gasteiger partial charge in [-0.3, -0.25) is 0 Å². The fourth-order valence-corrected chi connectivity index (χ4v) is 3.24. The summed E-state index contributed by atoms with van der Waals surface area (Å²) in [7, 11) is 0. The van der Waals surface area contributed by atoms with Crippen LogP contribution in [0.3, 0.4) is 0 Å². The first-order valence-electron chi connectivity index (χ1n) is 4.89. The molecule has 0 radical (unpaired) electrons. The second-order valence-corrected chi connectivity index (χ2v) is 5.90. The van der Waals surface area contributed by atoms with Crippen LogP contribution in [-0.2, 0) is 0 Å². The highest BCUT2D eigenvalue weighted by atomic mass is 32.2. The molecule has 0 bridgehead atoms. The maximum absolute atomic E-state index is 6.06. The van der Waals surface area contributed by atoms with Gasteiger partial charge in [0.2, 0.25) is 0 Å². The largest absolute Gasteiger partial charge is 0.323 e. The third-order valence-corrected chi connectivity index (χ3v) is 4.30. The molecule has 1 atom stereocenters. The molecule has 16 heavy (non-hydrogen) atoms. The fourth-order valence-electron chi connectivity index (χ4n) is 1.28. The molecule has 0 aliphatic heterocycles. The van der Waals surface area contributed by atoms with Gasteiger partial charge in [-0.05, 0) is 18.4 Å². The number of rotatable bonds is 5. The highest BCUT2D eigenvalue weighted by Crippen LogP contribution is 2.26. The molecule has 86 valence electrons. The number of thioether (sulfide) groups is 1. The van der Waals surface area contributed by atoms with Gasteiger partial charge in [0.25, 0.3) is 0 Å². The molecule has 2 aromatic rings. The van der Waals surface area contributed by atoms with E-state index in [0.29, 0.717) is 0 Å². The van der Waals surface area contributed by atoms with E-state index in [2.05, 4.69) is 16.2 Å². The molecule has 2 rings (SSSR count). The standard InChI is InChI=1S/C10H13N3S3/c1-14-3-2-7(11)8-5-16-10(13-8)9-4-15-6-12-9/h4-7H,2-3,11H2,1H3. The third-order valence-electron chi connectivity index (χ3n) is 2.19. The Kier molecular flexibility index (Phi) is 4.34. The average molecular weight is 271 g/mol. The summed E-state index contributed by atoms with van der Waals surface area (Å²) in [5.41, 5.74) is 9.83. The maximum Gasteiger partial charge on any atom is 0.143 e. The molecule has 0 spiro atoms. The van der Waals surface area contributed by atoms with Crippen LogP contribution in [0.25, 0.3) is 10.7 Å². The monoisotopic (exact) mass is 271 g/mol. The zero-order chi connectivity index (χ0) is 11.4. The number of hydrogen-bond donors (Lipinski definition) is 1. The van der Waals surface area contributed by atoms with Crippen molar-refractivity contribution in [1.29, 1.82) is 0 Å². The van der Waals surface area contributed by atoms with Crippen molar-refractivity contribution in [2.45, 2.75) is 12.5 Å². The molecule has 6 heteroatoms. The minimum Gasteiger partial charge on any atom is -0.323 e. The predicted octanol–water partition coefficient (Wildman–Crippen LogP) is 3.02. The Morgan fingerprint density at radius 2 is 2.38 bits per heavy atom. The van der Waals surface area contributed by atoms with Gasteiger partial charge in [-0.1, -0.05) is 0 Å². The van der Waals surface area contributed by atoms with Gasteiger partial charge >= 0.3 is 0 Å². The molecule has 0 aliphatic rings. The summed E-state index contributed by atoms with van der Waals surface area (Å²) in [6.45, 7) is 0. The minimum atomic E-state index is 0.0519. The highest BCUT2D eigenvalue weighted by molar-refractivity contribution is 7.98. The lowest BCUT2D eigenvalue weighted by Crippen LogP contribution is -2.11. The Labute approximate surface area is 107 Å². The first-order chi connectivity index (χ1) is 7.81. The molecule has 2 aromatic heterocycles. The van der Waals surface area contributed by atoms with Gasteiger partial charge in [0, 0.05) is 16.8 Å². The Balaban J connectivity index is 2.07. The summed E-state index contributed by atoms with van der Waals surface area (Å²) in [5.74, 6) is 1.07. The van der Waals surface area contributed by atoms with E-state index in [0.717, 1.165) is 28.6 Å². The lowest BCUT2D eigenvalue weighted by Gasteiger charge is -2.06. The SMILES string of the molecule is CSCCC(N)c1csc(-c2cscn2)n1. The van der Waals surface area contributed by atoms with Crippen molar-refractivity contribution >= 4 is 34.4 Å². The first-order valence-corrected chi connectivity index (χ1v) is 8.11. The molecule has 0 aromatic carbocycles. The van der Waals surface area contributed by atoms with E-state index < -0.39 is 0 Å². The smallest absolute Gasteiger partial charge is 0.143 e. The van der Waals surface area contributed by atoms with E-state index in [1.807, 2.05) is 28.0 Å². The van der Waals surface area contributed by atoms with Gasteiger partial charge in [-0.25, -0.2) is 9.97 Å². The van der Waals surface area contributed by atoms with Crippen LogP contribution in [0, 0.1) is 0 Å². The molecule has 1 unspecified atom stereocenters. The topological polar surface area (TPSA) is 51.8 Å². The Hall–Kier alpha value is -0.430. The van der Waals surface area contributed by atoms with Crippen molar-refractivity contribution in [3.63, 3.8) is 0 Å². The van der Waals surface area contributed by atoms with Gasteiger partial charge < -0.3 is 5.73 Å². The van der Waals surface area contributed by atoms with Crippen LogP contribution < -0.4 is 5.73 Å². The minimum absolute atomic E-state index is 0.0519. The van der Waals surface area contributed by atoms with Crippen LogP contribution in [0.1, 0.15) is 18.2 Å².